The van der Waals surface area contributed by atoms with Crippen molar-refractivity contribution in [2.45, 2.75) is 31.1 Å². The van der Waals surface area contributed by atoms with Gasteiger partial charge in [-0.1, -0.05) is 37.6 Å². The Kier molecular flexibility index (Phi) is 6.22. The predicted octanol–water partition coefficient (Wildman–Crippen LogP) is 2.56. The molecule has 1 aromatic heterocycles. The van der Waals surface area contributed by atoms with Crippen LogP contribution in [0.25, 0.3) is 0 Å². The lowest BCUT2D eigenvalue weighted by Gasteiger charge is -2.20. The first kappa shape index (κ1) is 18.3. The van der Waals surface area contributed by atoms with Gasteiger partial charge >= 0.3 is 0 Å². The lowest BCUT2D eigenvalue weighted by Crippen LogP contribution is -2.28. The summed E-state index contributed by atoms with van der Waals surface area (Å²) in [6.45, 7) is 6.66. The molecule has 0 saturated carbocycles. The smallest absolute Gasteiger partial charge is 0.294 e. The second-order valence-corrected chi connectivity index (χ2v) is 7.01. The molecule has 0 saturated heterocycles. The van der Waals surface area contributed by atoms with Crippen molar-refractivity contribution in [1.29, 1.82) is 0 Å². The molecule has 0 spiro atoms. The standard InChI is InChI=1S/C9H14N2.C7H8O3S/c1-9(2,7-10)8-5-3-4-6-11-8;1-6-2-4-7(5-3-6)11(8,9)10/h3-6H,7,10H2,1-2H3;2-5H,1H3,(H,8,9,10). The largest absolute Gasteiger partial charge is 0.330 e. The molecule has 0 bridgehead atoms. The van der Waals surface area contributed by atoms with Crippen LogP contribution >= 0.6 is 0 Å². The zero-order valence-electron chi connectivity index (χ0n) is 13.0. The van der Waals surface area contributed by atoms with Gasteiger partial charge in [-0.05, 0) is 31.2 Å². The van der Waals surface area contributed by atoms with Gasteiger partial charge < -0.3 is 5.73 Å². The van der Waals surface area contributed by atoms with Crippen molar-refractivity contribution in [3.05, 3.63) is 59.9 Å². The molecule has 2 aromatic rings. The van der Waals surface area contributed by atoms with Gasteiger partial charge in [-0.15, -0.1) is 0 Å². The highest BCUT2D eigenvalue weighted by atomic mass is 32.2. The minimum atomic E-state index is -4.02. The molecule has 0 radical (unpaired) electrons. The Bertz CT molecular complexity index is 681. The minimum absolute atomic E-state index is 0.00125. The number of hydrogen-bond acceptors (Lipinski definition) is 4. The highest BCUT2D eigenvalue weighted by Crippen LogP contribution is 2.18. The Morgan fingerprint density at radius 2 is 1.73 bits per heavy atom. The minimum Gasteiger partial charge on any atom is -0.330 e. The van der Waals surface area contributed by atoms with Crippen LogP contribution in [0.1, 0.15) is 25.1 Å². The molecule has 0 fully saturated rings. The molecule has 0 aliphatic carbocycles. The van der Waals surface area contributed by atoms with Gasteiger partial charge in [-0.3, -0.25) is 9.54 Å². The summed E-state index contributed by atoms with van der Waals surface area (Å²) < 4.78 is 29.6. The summed E-state index contributed by atoms with van der Waals surface area (Å²) in [5, 5.41) is 0. The van der Waals surface area contributed by atoms with Crippen LogP contribution in [0.3, 0.4) is 0 Å². The molecule has 0 unspecified atom stereocenters. The molecule has 0 amide bonds. The molecular weight excluding hydrogens is 300 g/mol. The molecule has 120 valence electrons. The molecule has 0 aliphatic rings. The van der Waals surface area contributed by atoms with Gasteiger partial charge in [0.2, 0.25) is 0 Å². The van der Waals surface area contributed by atoms with Crippen molar-refractivity contribution >= 4 is 10.1 Å². The number of aryl methyl sites for hydroxylation is 1. The van der Waals surface area contributed by atoms with Gasteiger partial charge in [0.15, 0.2) is 0 Å². The number of hydrogen-bond donors (Lipinski definition) is 2. The topological polar surface area (TPSA) is 93.3 Å². The molecule has 1 heterocycles. The van der Waals surface area contributed by atoms with Gasteiger partial charge in [-0.2, -0.15) is 8.42 Å². The summed E-state index contributed by atoms with van der Waals surface area (Å²) in [7, 11) is -4.02. The van der Waals surface area contributed by atoms with Gasteiger partial charge in [-0.25, -0.2) is 0 Å². The van der Waals surface area contributed by atoms with Gasteiger partial charge in [0.1, 0.15) is 0 Å². The monoisotopic (exact) mass is 322 g/mol. The van der Waals surface area contributed by atoms with E-state index in [4.69, 9.17) is 10.3 Å². The third-order valence-corrected chi connectivity index (χ3v) is 4.06. The van der Waals surface area contributed by atoms with Crippen LogP contribution in [-0.4, -0.2) is 24.5 Å². The second-order valence-electron chi connectivity index (χ2n) is 5.59. The fraction of sp³-hybridized carbons (Fsp3) is 0.312. The Hall–Kier alpha value is -1.76. The molecule has 22 heavy (non-hydrogen) atoms. The van der Waals surface area contributed by atoms with Crippen LogP contribution in [0.4, 0.5) is 0 Å². The number of benzene rings is 1. The van der Waals surface area contributed by atoms with E-state index in [-0.39, 0.29) is 10.3 Å². The maximum atomic E-state index is 10.5. The number of nitrogens with zero attached hydrogens (tertiary/aromatic N) is 1. The lowest BCUT2D eigenvalue weighted by molar-refractivity contribution is 0.483. The molecule has 1 aromatic carbocycles. The van der Waals surface area contributed by atoms with Crippen molar-refractivity contribution < 1.29 is 13.0 Å². The third-order valence-electron chi connectivity index (χ3n) is 3.19. The second kappa shape index (κ2) is 7.49. The first-order valence-electron chi connectivity index (χ1n) is 6.82. The molecular formula is C16H22N2O3S. The van der Waals surface area contributed by atoms with E-state index in [0.29, 0.717) is 6.54 Å². The van der Waals surface area contributed by atoms with Crippen molar-refractivity contribution in [2.75, 3.05) is 6.54 Å². The first-order valence-corrected chi connectivity index (χ1v) is 8.26. The summed E-state index contributed by atoms with van der Waals surface area (Å²) in [6.07, 6.45) is 1.80. The fourth-order valence-electron chi connectivity index (χ4n) is 1.58. The summed E-state index contributed by atoms with van der Waals surface area (Å²) >= 11 is 0. The quantitative estimate of drug-likeness (QED) is 0.847. The maximum Gasteiger partial charge on any atom is 0.294 e. The van der Waals surface area contributed by atoms with Gasteiger partial charge in [0.05, 0.1) is 4.90 Å². The number of rotatable bonds is 3. The summed E-state index contributed by atoms with van der Waals surface area (Å²) in [5.41, 5.74) is 7.61. The Morgan fingerprint density at radius 3 is 2.14 bits per heavy atom. The Labute approximate surface area is 132 Å². The van der Waals surface area contributed by atoms with Crippen molar-refractivity contribution in [1.82, 2.24) is 4.98 Å². The molecule has 3 N–H and O–H groups in total. The average molecular weight is 322 g/mol. The van der Waals surface area contributed by atoms with E-state index < -0.39 is 10.1 Å². The van der Waals surface area contributed by atoms with Crippen molar-refractivity contribution in [3.63, 3.8) is 0 Å². The van der Waals surface area contributed by atoms with Crippen molar-refractivity contribution in [2.24, 2.45) is 5.73 Å². The van der Waals surface area contributed by atoms with Crippen LogP contribution in [0, 0.1) is 6.92 Å². The molecule has 0 atom stereocenters. The predicted molar refractivity (Wildman–Crippen MR) is 87.3 cm³/mol. The van der Waals surface area contributed by atoms with E-state index >= 15 is 0 Å². The van der Waals surface area contributed by atoms with Crippen LogP contribution in [0.15, 0.2) is 53.6 Å². The van der Waals surface area contributed by atoms with E-state index in [1.807, 2.05) is 25.1 Å². The zero-order valence-corrected chi connectivity index (χ0v) is 13.8. The Morgan fingerprint density at radius 1 is 1.14 bits per heavy atom. The Balaban J connectivity index is 0.000000220. The molecule has 0 aliphatic heterocycles. The van der Waals surface area contributed by atoms with Crippen molar-refractivity contribution in [3.8, 4) is 0 Å². The maximum absolute atomic E-state index is 10.5. The van der Waals surface area contributed by atoms with E-state index in [1.54, 1.807) is 18.3 Å². The van der Waals surface area contributed by atoms with Crippen LogP contribution in [0.5, 0.6) is 0 Å². The normalized spacial score (nSPS) is 11.5. The SMILES string of the molecule is CC(C)(CN)c1ccccn1.Cc1ccc(S(=O)(=O)O)cc1. The lowest BCUT2D eigenvalue weighted by atomic mass is 9.89. The number of pyridine rings is 1. The van der Waals surface area contributed by atoms with E-state index in [2.05, 4.69) is 18.8 Å². The van der Waals surface area contributed by atoms with Crippen LogP contribution in [-0.2, 0) is 15.5 Å². The number of nitrogens with two attached hydrogens (primary N) is 1. The highest BCUT2D eigenvalue weighted by molar-refractivity contribution is 7.85. The molecule has 2 rings (SSSR count). The summed E-state index contributed by atoms with van der Waals surface area (Å²) in [5.74, 6) is 0. The van der Waals surface area contributed by atoms with E-state index in [0.717, 1.165) is 11.3 Å². The summed E-state index contributed by atoms with van der Waals surface area (Å²) in [4.78, 5) is 4.17. The van der Waals surface area contributed by atoms with Crippen LogP contribution in [0.2, 0.25) is 0 Å². The van der Waals surface area contributed by atoms with Gasteiger partial charge in [0, 0.05) is 23.9 Å². The highest BCUT2D eigenvalue weighted by Gasteiger charge is 2.18. The third kappa shape index (κ3) is 5.55. The molecule has 6 heteroatoms. The number of aromatic nitrogens is 1. The first-order chi connectivity index (χ1) is 10.2. The van der Waals surface area contributed by atoms with Gasteiger partial charge in [0.25, 0.3) is 10.1 Å². The van der Waals surface area contributed by atoms with E-state index in [1.165, 1.54) is 12.1 Å². The fourth-order valence-corrected chi connectivity index (χ4v) is 2.06. The summed E-state index contributed by atoms with van der Waals surface area (Å²) in [6, 6.07) is 11.9. The average Bonchev–Trinajstić information content (AvgIpc) is 2.48. The van der Waals surface area contributed by atoms with E-state index in [9.17, 15) is 8.42 Å². The van der Waals surface area contributed by atoms with Crippen LogP contribution < -0.4 is 5.73 Å². The molecule has 5 nitrogen and oxygen atoms in total. The zero-order chi connectivity index (χ0) is 16.8.